The summed E-state index contributed by atoms with van der Waals surface area (Å²) in [5.74, 6) is 1.31. The lowest BCUT2D eigenvalue weighted by molar-refractivity contribution is 0.189. The molecule has 0 aliphatic carbocycles. The van der Waals surface area contributed by atoms with Crippen LogP contribution in [0.15, 0.2) is 46.1 Å². The molecule has 1 fully saturated rings. The summed E-state index contributed by atoms with van der Waals surface area (Å²) in [4.78, 5) is 2.42. The van der Waals surface area contributed by atoms with Gasteiger partial charge in [-0.1, -0.05) is 10.3 Å². The molecule has 0 spiro atoms. The van der Waals surface area contributed by atoms with Gasteiger partial charge in [0.1, 0.15) is 5.82 Å². The zero-order valence-corrected chi connectivity index (χ0v) is 18.4. The van der Waals surface area contributed by atoms with Crippen molar-refractivity contribution in [3.63, 3.8) is 0 Å². The molecule has 7 nitrogen and oxygen atoms in total. The van der Waals surface area contributed by atoms with E-state index in [1.54, 1.807) is 26.2 Å². The first-order valence-corrected chi connectivity index (χ1v) is 10.9. The van der Waals surface area contributed by atoms with Crippen LogP contribution < -0.4 is 9.47 Å². The molecule has 2 aromatic carbocycles. The highest BCUT2D eigenvalue weighted by Crippen LogP contribution is 2.33. The molecule has 0 saturated carbocycles. The van der Waals surface area contributed by atoms with Gasteiger partial charge in [-0.3, -0.25) is 0 Å². The fraction of sp³-hybridized carbons (Fsp3) is 0.417. The normalized spacial score (nSPS) is 15.9. The summed E-state index contributed by atoms with van der Waals surface area (Å²) in [7, 11) is 1.59. The predicted molar refractivity (Wildman–Crippen MR) is 119 cm³/mol. The van der Waals surface area contributed by atoms with Gasteiger partial charge in [-0.15, -0.1) is 0 Å². The average Bonchev–Trinajstić information content (AvgIpc) is 3.24. The largest absolute Gasteiger partial charge is 0.493 e. The molecule has 0 radical (unpaired) electrons. The Bertz CT molecular complexity index is 1090. The van der Waals surface area contributed by atoms with Crippen molar-refractivity contribution >= 4 is 16.7 Å². The zero-order valence-electron chi connectivity index (χ0n) is 18.4. The van der Waals surface area contributed by atoms with Crippen LogP contribution in [-0.4, -0.2) is 54.3 Å². The van der Waals surface area contributed by atoms with E-state index in [1.807, 2.05) is 12.1 Å². The minimum atomic E-state index is -0.262. The SMILES string of the molecule is COc1cc(/C(C)=N/O)ccc1OCCCN1CCC(c2noc3ccc(F)cc23)CC1. The number of aromatic nitrogens is 1. The van der Waals surface area contributed by atoms with Crippen molar-refractivity contribution in [2.45, 2.75) is 32.1 Å². The molecule has 2 heterocycles. The Morgan fingerprint density at radius 1 is 1.22 bits per heavy atom. The average molecular weight is 442 g/mol. The van der Waals surface area contributed by atoms with E-state index in [0.717, 1.165) is 55.5 Å². The maximum Gasteiger partial charge on any atom is 0.167 e. The van der Waals surface area contributed by atoms with Crippen molar-refractivity contribution < 1.29 is 23.6 Å². The third kappa shape index (κ3) is 4.85. The van der Waals surface area contributed by atoms with Gasteiger partial charge in [-0.05, 0) is 75.7 Å². The molecule has 0 unspecified atom stereocenters. The van der Waals surface area contributed by atoms with E-state index >= 15 is 0 Å². The highest BCUT2D eigenvalue weighted by molar-refractivity contribution is 5.98. The van der Waals surface area contributed by atoms with Crippen LogP contribution in [-0.2, 0) is 0 Å². The summed E-state index contributed by atoms with van der Waals surface area (Å²) < 4.78 is 30.3. The molecule has 32 heavy (non-hydrogen) atoms. The van der Waals surface area contributed by atoms with Crippen molar-refractivity contribution in [2.75, 3.05) is 33.4 Å². The van der Waals surface area contributed by atoms with Crippen molar-refractivity contribution in [2.24, 2.45) is 5.16 Å². The zero-order chi connectivity index (χ0) is 22.5. The van der Waals surface area contributed by atoms with Crippen LogP contribution in [0.4, 0.5) is 4.39 Å². The third-order valence-corrected chi connectivity index (χ3v) is 6.04. The molecule has 1 N–H and O–H groups in total. The lowest BCUT2D eigenvalue weighted by Crippen LogP contribution is -2.34. The number of hydrogen-bond acceptors (Lipinski definition) is 7. The Morgan fingerprint density at radius 3 is 2.78 bits per heavy atom. The molecule has 3 aromatic rings. The van der Waals surface area contributed by atoms with Crippen LogP contribution >= 0.6 is 0 Å². The molecule has 1 saturated heterocycles. The number of nitrogens with zero attached hydrogens (tertiary/aromatic N) is 3. The maximum absolute atomic E-state index is 13.6. The van der Waals surface area contributed by atoms with Crippen molar-refractivity contribution in [3.8, 4) is 11.5 Å². The number of benzene rings is 2. The Morgan fingerprint density at radius 2 is 2.03 bits per heavy atom. The highest BCUT2D eigenvalue weighted by Gasteiger charge is 2.25. The summed E-state index contributed by atoms with van der Waals surface area (Å²) in [6, 6.07) is 10.0. The van der Waals surface area contributed by atoms with E-state index in [4.69, 9.17) is 19.2 Å². The summed E-state index contributed by atoms with van der Waals surface area (Å²) >= 11 is 0. The van der Waals surface area contributed by atoms with Gasteiger partial charge in [0.25, 0.3) is 0 Å². The highest BCUT2D eigenvalue weighted by atomic mass is 19.1. The number of rotatable bonds is 8. The number of likely N-dealkylation sites (tertiary alicyclic amines) is 1. The van der Waals surface area contributed by atoms with Crippen molar-refractivity contribution in [1.29, 1.82) is 0 Å². The number of fused-ring (bicyclic) bond motifs is 1. The predicted octanol–water partition coefficient (Wildman–Crippen LogP) is 4.82. The minimum absolute atomic E-state index is 0.262. The number of oxime groups is 1. The van der Waals surface area contributed by atoms with Gasteiger partial charge in [-0.2, -0.15) is 0 Å². The second-order valence-electron chi connectivity index (χ2n) is 8.08. The fourth-order valence-electron chi connectivity index (χ4n) is 4.19. The smallest absolute Gasteiger partial charge is 0.167 e. The van der Waals surface area contributed by atoms with Crippen LogP contribution in [0.2, 0.25) is 0 Å². The van der Waals surface area contributed by atoms with Crippen LogP contribution in [0.5, 0.6) is 11.5 Å². The van der Waals surface area contributed by atoms with Gasteiger partial charge in [0, 0.05) is 23.4 Å². The van der Waals surface area contributed by atoms with Gasteiger partial charge < -0.3 is 24.1 Å². The molecule has 4 rings (SSSR count). The molecule has 0 amide bonds. The lowest BCUT2D eigenvalue weighted by atomic mass is 9.91. The number of halogens is 1. The molecule has 170 valence electrons. The van der Waals surface area contributed by atoms with Crippen LogP contribution in [0.3, 0.4) is 0 Å². The van der Waals surface area contributed by atoms with Gasteiger partial charge in [-0.25, -0.2) is 4.39 Å². The van der Waals surface area contributed by atoms with Crippen molar-refractivity contribution in [1.82, 2.24) is 10.1 Å². The first-order valence-electron chi connectivity index (χ1n) is 10.9. The molecular formula is C24H28FN3O4. The Balaban J connectivity index is 1.25. The Hall–Kier alpha value is -3.13. The summed E-state index contributed by atoms with van der Waals surface area (Å²) in [5, 5.41) is 17.2. The quantitative estimate of drug-likeness (QED) is 0.234. The van der Waals surface area contributed by atoms with Crippen LogP contribution in [0, 0.1) is 5.82 Å². The third-order valence-electron chi connectivity index (χ3n) is 6.04. The topological polar surface area (TPSA) is 80.3 Å². The standard InChI is InChI=1S/C24H28FN3O4/c1-16(26-29)18-4-6-22(23(14-18)30-2)31-13-3-10-28-11-8-17(9-12-28)24-20-15-19(25)5-7-21(20)32-27-24/h4-7,14-15,17,29H,3,8-13H2,1-2H3/b26-16+. The molecule has 0 atom stereocenters. The first kappa shape index (κ1) is 22.1. The molecule has 8 heteroatoms. The number of piperidine rings is 1. The lowest BCUT2D eigenvalue weighted by Gasteiger charge is -2.31. The summed E-state index contributed by atoms with van der Waals surface area (Å²) in [6.07, 6.45) is 2.84. The summed E-state index contributed by atoms with van der Waals surface area (Å²) in [6.45, 7) is 5.17. The van der Waals surface area contributed by atoms with Gasteiger partial charge in [0.2, 0.25) is 0 Å². The molecule has 1 aliphatic heterocycles. The van der Waals surface area contributed by atoms with E-state index in [2.05, 4.69) is 15.2 Å². The van der Waals surface area contributed by atoms with Gasteiger partial charge >= 0.3 is 0 Å². The minimum Gasteiger partial charge on any atom is -0.493 e. The fourth-order valence-corrected chi connectivity index (χ4v) is 4.19. The monoisotopic (exact) mass is 441 g/mol. The first-order chi connectivity index (χ1) is 15.6. The van der Waals surface area contributed by atoms with Crippen LogP contribution in [0.1, 0.15) is 43.4 Å². The van der Waals surface area contributed by atoms with Crippen molar-refractivity contribution in [3.05, 3.63) is 53.5 Å². The number of hydrogen-bond donors (Lipinski definition) is 1. The molecule has 1 aromatic heterocycles. The maximum atomic E-state index is 13.6. The second-order valence-corrected chi connectivity index (χ2v) is 8.08. The van der Waals surface area contributed by atoms with Gasteiger partial charge in [0.15, 0.2) is 17.1 Å². The van der Waals surface area contributed by atoms with E-state index in [1.165, 1.54) is 12.1 Å². The molecule has 1 aliphatic rings. The number of methoxy groups -OCH3 is 1. The molecular weight excluding hydrogens is 413 g/mol. The summed E-state index contributed by atoms with van der Waals surface area (Å²) in [5.41, 5.74) is 2.81. The number of ether oxygens (including phenoxy) is 2. The van der Waals surface area contributed by atoms with E-state index in [9.17, 15) is 4.39 Å². The Kier molecular flexibility index (Phi) is 6.90. The van der Waals surface area contributed by atoms with Gasteiger partial charge in [0.05, 0.1) is 25.1 Å². The molecule has 0 bridgehead atoms. The second kappa shape index (κ2) is 9.99. The van der Waals surface area contributed by atoms with E-state index in [-0.39, 0.29) is 5.82 Å². The Labute approximate surface area is 186 Å². The van der Waals surface area contributed by atoms with Crippen LogP contribution in [0.25, 0.3) is 11.0 Å². The van der Waals surface area contributed by atoms with E-state index in [0.29, 0.717) is 35.3 Å². The van der Waals surface area contributed by atoms with E-state index < -0.39 is 0 Å².